The molecular weight excluding hydrogens is 294 g/mol. The second-order valence-corrected chi connectivity index (χ2v) is 6.43. The van der Waals surface area contributed by atoms with Crippen LogP contribution in [0.4, 0.5) is 0 Å². The molecule has 120 valence electrons. The molecule has 3 N–H and O–H groups in total. The number of carbonyl (C=O) groups is 1. The SMILES string of the molecule is O=C(NC1CCc2cn[nH]c2C1)c1cnc(C2CCC2)[nH]c1=O. The molecule has 2 aromatic rings. The van der Waals surface area contributed by atoms with E-state index in [-0.39, 0.29) is 23.1 Å². The summed E-state index contributed by atoms with van der Waals surface area (Å²) in [6, 6.07) is 0.0150. The predicted octanol–water partition coefficient (Wildman–Crippen LogP) is 1.05. The highest BCUT2D eigenvalue weighted by Gasteiger charge is 2.25. The van der Waals surface area contributed by atoms with E-state index in [4.69, 9.17) is 0 Å². The fourth-order valence-electron chi connectivity index (χ4n) is 3.25. The van der Waals surface area contributed by atoms with Crippen LogP contribution in [0.1, 0.15) is 59.0 Å². The second-order valence-electron chi connectivity index (χ2n) is 6.43. The Morgan fingerprint density at radius 3 is 2.87 bits per heavy atom. The molecule has 0 aromatic carbocycles. The molecule has 2 aliphatic rings. The normalized spacial score (nSPS) is 20.6. The number of fused-ring (bicyclic) bond motifs is 1. The van der Waals surface area contributed by atoms with Gasteiger partial charge < -0.3 is 10.3 Å². The van der Waals surface area contributed by atoms with Gasteiger partial charge >= 0.3 is 0 Å². The van der Waals surface area contributed by atoms with Gasteiger partial charge in [0.1, 0.15) is 11.4 Å². The zero-order valence-corrected chi connectivity index (χ0v) is 12.8. The Morgan fingerprint density at radius 1 is 1.26 bits per heavy atom. The smallest absolute Gasteiger partial charge is 0.263 e. The number of aromatic nitrogens is 4. The summed E-state index contributed by atoms with van der Waals surface area (Å²) in [4.78, 5) is 31.5. The van der Waals surface area contributed by atoms with Gasteiger partial charge in [0, 0.05) is 30.3 Å². The molecule has 23 heavy (non-hydrogen) atoms. The summed E-state index contributed by atoms with van der Waals surface area (Å²) in [6.07, 6.45) is 8.98. The third kappa shape index (κ3) is 2.67. The highest BCUT2D eigenvalue weighted by atomic mass is 16.2. The van der Waals surface area contributed by atoms with Gasteiger partial charge in [-0.2, -0.15) is 5.10 Å². The molecule has 7 nitrogen and oxygen atoms in total. The van der Waals surface area contributed by atoms with Gasteiger partial charge in [-0.05, 0) is 31.2 Å². The van der Waals surface area contributed by atoms with E-state index in [0.29, 0.717) is 18.2 Å². The van der Waals surface area contributed by atoms with Crippen LogP contribution in [0.2, 0.25) is 0 Å². The average molecular weight is 313 g/mol. The maximum absolute atomic E-state index is 12.4. The summed E-state index contributed by atoms with van der Waals surface area (Å²) in [7, 11) is 0. The first kappa shape index (κ1) is 14.2. The van der Waals surface area contributed by atoms with Crippen LogP contribution in [-0.4, -0.2) is 32.1 Å². The van der Waals surface area contributed by atoms with Crippen LogP contribution in [0.15, 0.2) is 17.2 Å². The predicted molar refractivity (Wildman–Crippen MR) is 83.3 cm³/mol. The zero-order valence-electron chi connectivity index (χ0n) is 12.8. The van der Waals surface area contributed by atoms with Crippen LogP contribution in [0, 0.1) is 0 Å². The molecule has 1 unspecified atom stereocenters. The molecule has 7 heteroatoms. The van der Waals surface area contributed by atoms with Gasteiger partial charge in [0.25, 0.3) is 11.5 Å². The summed E-state index contributed by atoms with van der Waals surface area (Å²) in [5.41, 5.74) is 2.01. The van der Waals surface area contributed by atoms with Gasteiger partial charge in [-0.1, -0.05) is 6.42 Å². The molecule has 0 saturated heterocycles. The number of aryl methyl sites for hydroxylation is 1. The first-order valence-electron chi connectivity index (χ1n) is 8.12. The second kappa shape index (κ2) is 5.64. The van der Waals surface area contributed by atoms with Gasteiger partial charge in [0.2, 0.25) is 0 Å². The van der Waals surface area contributed by atoms with E-state index >= 15 is 0 Å². The minimum atomic E-state index is -0.355. The summed E-state index contributed by atoms with van der Waals surface area (Å²) in [5, 5.41) is 9.93. The molecule has 1 fully saturated rings. The highest BCUT2D eigenvalue weighted by molar-refractivity contribution is 5.93. The maximum atomic E-state index is 12.4. The lowest BCUT2D eigenvalue weighted by atomic mass is 9.85. The van der Waals surface area contributed by atoms with Crippen LogP contribution in [0.3, 0.4) is 0 Å². The Labute approximate surface area is 132 Å². The number of hydrogen-bond donors (Lipinski definition) is 3. The number of nitrogens with zero attached hydrogens (tertiary/aromatic N) is 2. The van der Waals surface area contributed by atoms with E-state index < -0.39 is 0 Å². The van der Waals surface area contributed by atoms with Crippen molar-refractivity contribution < 1.29 is 4.79 Å². The van der Waals surface area contributed by atoms with Crippen molar-refractivity contribution in [3.63, 3.8) is 0 Å². The topological polar surface area (TPSA) is 104 Å². The molecule has 1 saturated carbocycles. The van der Waals surface area contributed by atoms with Gasteiger partial charge in [-0.25, -0.2) is 4.98 Å². The van der Waals surface area contributed by atoms with E-state index in [2.05, 4.69) is 25.5 Å². The first-order valence-corrected chi connectivity index (χ1v) is 8.12. The van der Waals surface area contributed by atoms with Crippen LogP contribution < -0.4 is 10.9 Å². The van der Waals surface area contributed by atoms with Crippen molar-refractivity contribution in [1.29, 1.82) is 0 Å². The molecular formula is C16H19N5O2. The van der Waals surface area contributed by atoms with Crippen molar-refractivity contribution in [3.05, 3.63) is 45.4 Å². The minimum Gasteiger partial charge on any atom is -0.349 e. The number of rotatable bonds is 3. The summed E-state index contributed by atoms with van der Waals surface area (Å²) >= 11 is 0. The monoisotopic (exact) mass is 313 g/mol. The number of aromatic amines is 2. The van der Waals surface area contributed by atoms with Gasteiger partial charge in [0.15, 0.2) is 0 Å². The van der Waals surface area contributed by atoms with Crippen molar-refractivity contribution >= 4 is 5.91 Å². The molecule has 0 spiro atoms. The van der Waals surface area contributed by atoms with E-state index in [1.807, 2.05) is 6.20 Å². The lowest BCUT2D eigenvalue weighted by molar-refractivity contribution is 0.0931. The summed E-state index contributed by atoms with van der Waals surface area (Å²) in [6.45, 7) is 0. The molecule has 0 bridgehead atoms. The van der Waals surface area contributed by atoms with Crippen molar-refractivity contribution in [2.45, 2.75) is 50.5 Å². The molecule has 2 aromatic heterocycles. The number of amides is 1. The fourth-order valence-corrected chi connectivity index (χ4v) is 3.25. The van der Waals surface area contributed by atoms with E-state index in [1.54, 1.807) is 0 Å². The molecule has 4 rings (SSSR count). The number of hydrogen-bond acceptors (Lipinski definition) is 4. The minimum absolute atomic E-state index is 0.0150. The van der Waals surface area contributed by atoms with Gasteiger partial charge in [0.05, 0.1) is 6.20 Å². The first-order chi connectivity index (χ1) is 11.2. The lowest BCUT2D eigenvalue weighted by Gasteiger charge is -2.24. The third-order valence-electron chi connectivity index (χ3n) is 4.91. The number of H-pyrrole nitrogens is 2. The molecule has 0 radical (unpaired) electrons. The molecule has 2 aliphatic carbocycles. The zero-order chi connectivity index (χ0) is 15.8. The van der Waals surface area contributed by atoms with E-state index in [1.165, 1.54) is 18.2 Å². The Hall–Kier alpha value is -2.44. The standard InChI is InChI=1S/C16H19N5O2/c22-15(19-11-5-4-10-7-18-21-13(10)6-11)12-8-17-14(20-16(12)23)9-2-1-3-9/h7-9,11H,1-6H2,(H,18,21)(H,19,22)(H,17,20,23). The highest BCUT2D eigenvalue weighted by Crippen LogP contribution is 2.33. The van der Waals surface area contributed by atoms with Crippen molar-refractivity contribution in [2.75, 3.05) is 0 Å². The average Bonchev–Trinajstić information content (AvgIpc) is 2.93. The Balaban J connectivity index is 1.46. The van der Waals surface area contributed by atoms with Crippen LogP contribution in [0.5, 0.6) is 0 Å². The molecule has 1 amide bonds. The Bertz CT molecular complexity index is 790. The Kier molecular flexibility index (Phi) is 3.48. The summed E-state index contributed by atoms with van der Waals surface area (Å²) < 4.78 is 0. The van der Waals surface area contributed by atoms with Gasteiger partial charge in [-0.15, -0.1) is 0 Å². The summed E-state index contributed by atoms with van der Waals surface area (Å²) in [5.74, 6) is 0.696. The van der Waals surface area contributed by atoms with E-state index in [9.17, 15) is 9.59 Å². The molecule has 1 atom stereocenters. The molecule has 0 aliphatic heterocycles. The van der Waals surface area contributed by atoms with Crippen molar-refractivity contribution in [3.8, 4) is 0 Å². The fraction of sp³-hybridized carbons (Fsp3) is 0.500. The largest absolute Gasteiger partial charge is 0.349 e. The lowest BCUT2D eigenvalue weighted by Crippen LogP contribution is -2.41. The van der Waals surface area contributed by atoms with E-state index in [0.717, 1.165) is 31.4 Å². The van der Waals surface area contributed by atoms with Crippen molar-refractivity contribution in [2.24, 2.45) is 0 Å². The van der Waals surface area contributed by atoms with Gasteiger partial charge in [-0.3, -0.25) is 14.7 Å². The Morgan fingerprint density at radius 2 is 2.13 bits per heavy atom. The van der Waals surface area contributed by atoms with Crippen molar-refractivity contribution in [1.82, 2.24) is 25.5 Å². The van der Waals surface area contributed by atoms with Crippen LogP contribution in [0.25, 0.3) is 0 Å². The number of carbonyl (C=O) groups excluding carboxylic acids is 1. The molecule has 2 heterocycles. The van der Waals surface area contributed by atoms with Crippen LogP contribution in [-0.2, 0) is 12.8 Å². The quantitative estimate of drug-likeness (QED) is 0.788. The third-order valence-corrected chi connectivity index (χ3v) is 4.91. The van der Waals surface area contributed by atoms with Crippen LogP contribution >= 0.6 is 0 Å². The maximum Gasteiger partial charge on any atom is 0.263 e. The number of nitrogens with one attached hydrogen (secondary N) is 3.